The molecule has 0 aliphatic carbocycles. The number of carbonyl (C=O) groups is 2. The number of benzene rings is 1. The summed E-state index contributed by atoms with van der Waals surface area (Å²) in [5.74, 6) is 0.668. The van der Waals surface area contributed by atoms with E-state index in [2.05, 4.69) is 5.32 Å². The first-order chi connectivity index (χ1) is 10.7. The van der Waals surface area contributed by atoms with Gasteiger partial charge in [0, 0.05) is 19.6 Å². The molecule has 0 aromatic heterocycles. The van der Waals surface area contributed by atoms with Gasteiger partial charge in [0.1, 0.15) is 11.5 Å². The standard InChI is InChI=1S/C14H18N2O6/c17-8-5-15-13(18)21-11-1-3-12(4-2-11)22-14(19)16-6-9-20-10-7-16/h1-4,17H,5-10H2,(H,15,18). The number of carbonyl (C=O) groups excluding carboxylic acids is 2. The lowest BCUT2D eigenvalue weighted by Crippen LogP contribution is -2.42. The van der Waals surface area contributed by atoms with E-state index < -0.39 is 12.2 Å². The third-order valence-electron chi connectivity index (χ3n) is 2.89. The molecule has 0 atom stereocenters. The van der Waals surface area contributed by atoms with Crippen molar-refractivity contribution in [1.82, 2.24) is 10.2 Å². The molecule has 1 aliphatic heterocycles. The highest BCUT2D eigenvalue weighted by atomic mass is 16.6. The summed E-state index contributed by atoms with van der Waals surface area (Å²) in [6.07, 6.45) is -1.09. The average Bonchev–Trinajstić information content (AvgIpc) is 2.55. The number of morpholine rings is 1. The summed E-state index contributed by atoms with van der Waals surface area (Å²) in [5.41, 5.74) is 0. The van der Waals surface area contributed by atoms with Crippen LogP contribution in [0.15, 0.2) is 24.3 Å². The molecule has 0 spiro atoms. The molecule has 0 bridgehead atoms. The summed E-state index contributed by atoms with van der Waals surface area (Å²) >= 11 is 0. The van der Waals surface area contributed by atoms with E-state index in [0.29, 0.717) is 37.8 Å². The molecule has 1 aliphatic rings. The maximum Gasteiger partial charge on any atom is 0.415 e. The molecule has 2 N–H and O–H groups in total. The predicted octanol–water partition coefficient (Wildman–Crippen LogP) is 0.598. The molecule has 1 saturated heterocycles. The normalized spacial score (nSPS) is 14.3. The summed E-state index contributed by atoms with van der Waals surface area (Å²) in [6, 6.07) is 6.10. The molecule has 8 nitrogen and oxygen atoms in total. The Bertz CT molecular complexity index is 499. The van der Waals surface area contributed by atoms with E-state index in [1.807, 2.05) is 0 Å². The van der Waals surface area contributed by atoms with Crippen molar-refractivity contribution in [3.63, 3.8) is 0 Å². The Morgan fingerprint density at radius 1 is 1.14 bits per heavy atom. The van der Waals surface area contributed by atoms with Gasteiger partial charge >= 0.3 is 12.2 Å². The first-order valence-corrected chi connectivity index (χ1v) is 6.90. The minimum atomic E-state index is -0.660. The first kappa shape index (κ1) is 16.1. The summed E-state index contributed by atoms with van der Waals surface area (Å²) in [6.45, 7) is 1.98. The third-order valence-corrected chi connectivity index (χ3v) is 2.89. The molecule has 2 amide bonds. The number of nitrogens with one attached hydrogen (secondary N) is 1. The third kappa shape index (κ3) is 4.90. The largest absolute Gasteiger partial charge is 0.415 e. The topological polar surface area (TPSA) is 97.3 Å². The van der Waals surface area contributed by atoms with Gasteiger partial charge < -0.3 is 29.5 Å². The number of hydrogen-bond donors (Lipinski definition) is 2. The van der Waals surface area contributed by atoms with Crippen LogP contribution in [-0.2, 0) is 4.74 Å². The van der Waals surface area contributed by atoms with Crippen molar-refractivity contribution >= 4 is 12.2 Å². The van der Waals surface area contributed by atoms with E-state index in [-0.39, 0.29) is 13.2 Å². The fourth-order valence-electron chi connectivity index (χ4n) is 1.79. The highest BCUT2D eigenvalue weighted by molar-refractivity contribution is 5.71. The Balaban J connectivity index is 1.83. The molecule has 0 unspecified atom stereocenters. The molecular formula is C14H18N2O6. The molecule has 1 aromatic carbocycles. The fourth-order valence-corrected chi connectivity index (χ4v) is 1.79. The van der Waals surface area contributed by atoms with Crippen LogP contribution >= 0.6 is 0 Å². The molecule has 22 heavy (non-hydrogen) atoms. The van der Waals surface area contributed by atoms with Gasteiger partial charge in [-0.2, -0.15) is 0 Å². The molecule has 2 rings (SSSR count). The highest BCUT2D eigenvalue weighted by Gasteiger charge is 2.18. The monoisotopic (exact) mass is 310 g/mol. The van der Waals surface area contributed by atoms with Crippen LogP contribution in [0.25, 0.3) is 0 Å². The van der Waals surface area contributed by atoms with Crippen LogP contribution in [0.4, 0.5) is 9.59 Å². The van der Waals surface area contributed by atoms with E-state index in [0.717, 1.165) is 0 Å². The zero-order valence-electron chi connectivity index (χ0n) is 12.0. The van der Waals surface area contributed by atoms with Gasteiger partial charge in [0.2, 0.25) is 0 Å². The Morgan fingerprint density at radius 3 is 2.32 bits per heavy atom. The second kappa shape index (κ2) is 8.20. The van der Waals surface area contributed by atoms with Gasteiger partial charge in [-0.3, -0.25) is 0 Å². The number of nitrogens with zero attached hydrogens (tertiary/aromatic N) is 1. The summed E-state index contributed by atoms with van der Waals surface area (Å²) < 4.78 is 15.3. The van der Waals surface area contributed by atoms with Gasteiger partial charge in [-0.25, -0.2) is 9.59 Å². The zero-order chi connectivity index (χ0) is 15.8. The van der Waals surface area contributed by atoms with Gasteiger partial charge in [-0.15, -0.1) is 0 Å². The minimum Gasteiger partial charge on any atom is -0.410 e. The number of ether oxygens (including phenoxy) is 3. The second-order valence-corrected chi connectivity index (χ2v) is 4.48. The second-order valence-electron chi connectivity index (χ2n) is 4.48. The summed E-state index contributed by atoms with van der Waals surface area (Å²) in [5, 5.41) is 10.9. The average molecular weight is 310 g/mol. The van der Waals surface area contributed by atoms with Crippen molar-refractivity contribution in [1.29, 1.82) is 0 Å². The van der Waals surface area contributed by atoms with E-state index in [4.69, 9.17) is 19.3 Å². The number of rotatable bonds is 4. The van der Waals surface area contributed by atoms with E-state index in [9.17, 15) is 9.59 Å². The predicted molar refractivity (Wildman–Crippen MR) is 76.0 cm³/mol. The molecule has 120 valence electrons. The Hall–Kier alpha value is -2.32. The Kier molecular flexibility index (Phi) is 5.99. The zero-order valence-corrected chi connectivity index (χ0v) is 12.0. The van der Waals surface area contributed by atoms with E-state index in [1.54, 1.807) is 4.90 Å². The summed E-state index contributed by atoms with van der Waals surface area (Å²) in [7, 11) is 0. The van der Waals surface area contributed by atoms with Crippen molar-refractivity contribution in [3.05, 3.63) is 24.3 Å². The quantitative estimate of drug-likeness (QED) is 0.845. The smallest absolute Gasteiger partial charge is 0.410 e. The lowest BCUT2D eigenvalue weighted by Gasteiger charge is -2.25. The van der Waals surface area contributed by atoms with Crippen LogP contribution < -0.4 is 14.8 Å². The van der Waals surface area contributed by atoms with Crippen LogP contribution in [0.2, 0.25) is 0 Å². The van der Waals surface area contributed by atoms with Gasteiger partial charge in [0.25, 0.3) is 0 Å². The molecule has 1 fully saturated rings. The van der Waals surface area contributed by atoms with Crippen LogP contribution in [0.5, 0.6) is 11.5 Å². The van der Waals surface area contributed by atoms with Crippen molar-refractivity contribution < 1.29 is 28.9 Å². The van der Waals surface area contributed by atoms with E-state index in [1.165, 1.54) is 24.3 Å². The van der Waals surface area contributed by atoms with Crippen molar-refractivity contribution in [2.45, 2.75) is 0 Å². The van der Waals surface area contributed by atoms with Crippen LogP contribution in [-0.4, -0.2) is 61.6 Å². The van der Waals surface area contributed by atoms with Gasteiger partial charge in [0.15, 0.2) is 0 Å². The minimum absolute atomic E-state index is 0.119. The van der Waals surface area contributed by atoms with Crippen molar-refractivity contribution in [3.8, 4) is 11.5 Å². The number of aliphatic hydroxyl groups excluding tert-OH is 1. The molecule has 0 saturated carbocycles. The number of aliphatic hydroxyl groups is 1. The SMILES string of the molecule is O=C(NCCO)Oc1ccc(OC(=O)N2CCOCC2)cc1. The molecular weight excluding hydrogens is 292 g/mol. The Labute approximate surface area is 127 Å². The van der Waals surface area contributed by atoms with Gasteiger partial charge in [0.05, 0.1) is 19.8 Å². The number of hydrogen-bond acceptors (Lipinski definition) is 6. The highest BCUT2D eigenvalue weighted by Crippen LogP contribution is 2.18. The van der Waals surface area contributed by atoms with Crippen molar-refractivity contribution in [2.75, 3.05) is 39.5 Å². The lowest BCUT2D eigenvalue weighted by atomic mass is 10.3. The molecule has 1 heterocycles. The van der Waals surface area contributed by atoms with Crippen LogP contribution in [0, 0.1) is 0 Å². The fraction of sp³-hybridized carbons (Fsp3) is 0.429. The van der Waals surface area contributed by atoms with Gasteiger partial charge in [-0.05, 0) is 24.3 Å². The molecule has 0 radical (unpaired) electrons. The van der Waals surface area contributed by atoms with Crippen LogP contribution in [0.1, 0.15) is 0 Å². The first-order valence-electron chi connectivity index (χ1n) is 6.90. The lowest BCUT2D eigenvalue weighted by molar-refractivity contribution is 0.0416. The van der Waals surface area contributed by atoms with Crippen LogP contribution in [0.3, 0.4) is 0 Å². The van der Waals surface area contributed by atoms with Gasteiger partial charge in [-0.1, -0.05) is 0 Å². The van der Waals surface area contributed by atoms with Crippen molar-refractivity contribution in [2.24, 2.45) is 0 Å². The Morgan fingerprint density at radius 2 is 1.73 bits per heavy atom. The maximum atomic E-state index is 11.9. The molecule has 1 aromatic rings. The molecule has 8 heteroatoms. The summed E-state index contributed by atoms with van der Waals surface area (Å²) in [4.78, 5) is 24.7. The number of amides is 2. The van der Waals surface area contributed by atoms with E-state index >= 15 is 0 Å². The maximum absolute atomic E-state index is 11.9.